The first-order valence-electron chi connectivity index (χ1n) is 5.48. The zero-order valence-corrected chi connectivity index (χ0v) is 9.64. The van der Waals surface area contributed by atoms with E-state index in [0.717, 1.165) is 10.9 Å². The zero-order chi connectivity index (χ0) is 10.1. The molecular weight excluding hydrogens is 192 g/mol. The fourth-order valence-corrected chi connectivity index (χ4v) is 2.23. The van der Waals surface area contributed by atoms with E-state index in [1.165, 1.54) is 30.4 Å². The van der Waals surface area contributed by atoms with Crippen LogP contribution in [-0.2, 0) is 0 Å². The van der Waals surface area contributed by atoms with Crippen molar-refractivity contribution in [1.82, 2.24) is 0 Å². The molecule has 1 fully saturated rings. The maximum atomic E-state index is 6.21. The summed E-state index contributed by atoms with van der Waals surface area (Å²) in [7, 11) is 0. The van der Waals surface area contributed by atoms with Crippen molar-refractivity contribution in [2.75, 3.05) is 0 Å². The minimum Gasteiger partial charge on any atom is -0.0840 e. The van der Waals surface area contributed by atoms with E-state index in [2.05, 4.69) is 32.0 Å². The van der Waals surface area contributed by atoms with Crippen LogP contribution in [-0.4, -0.2) is 0 Å². The van der Waals surface area contributed by atoms with Gasteiger partial charge < -0.3 is 0 Å². The van der Waals surface area contributed by atoms with Crippen LogP contribution in [0.5, 0.6) is 0 Å². The summed E-state index contributed by atoms with van der Waals surface area (Å²) in [6, 6.07) is 6.51. The predicted octanol–water partition coefficient (Wildman–Crippen LogP) is 4.73. The Bertz CT molecular complexity index is 324. The Morgan fingerprint density at radius 3 is 2.50 bits per heavy atom. The van der Waals surface area contributed by atoms with Crippen LogP contribution in [0.15, 0.2) is 18.2 Å². The molecule has 1 heteroatoms. The Labute approximate surface area is 91.3 Å². The molecule has 14 heavy (non-hydrogen) atoms. The second-order valence-electron chi connectivity index (χ2n) is 4.56. The van der Waals surface area contributed by atoms with E-state index >= 15 is 0 Å². The minimum absolute atomic E-state index is 0.603. The van der Waals surface area contributed by atoms with Crippen LogP contribution in [0, 0.1) is 0 Å². The van der Waals surface area contributed by atoms with Crippen molar-refractivity contribution in [3.63, 3.8) is 0 Å². The fraction of sp³-hybridized carbons (Fsp3) is 0.538. The van der Waals surface area contributed by atoms with Gasteiger partial charge in [-0.3, -0.25) is 0 Å². The monoisotopic (exact) mass is 208 g/mol. The highest BCUT2D eigenvalue weighted by Gasteiger charge is 2.22. The van der Waals surface area contributed by atoms with E-state index in [-0.39, 0.29) is 0 Å². The third-order valence-electron chi connectivity index (χ3n) is 3.23. The molecule has 0 aliphatic heterocycles. The highest BCUT2D eigenvalue weighted by atomic mass is 35.5. The Balaban J connectivity index is 2.31. The standard InChI is InChI=1S/C13H17Cl/c1-9(2)11-6-7-13(14)12(8-11)10-4-3-5-10/h6-10H,3-5H2,1-2H3. The van der Waals surface area contributed by atoms with Crippen molar-refractivity contribution in [2.45, 2.75) is 44.9 Å². The van der Waals surface area contributed by atoms with Crippen LogP contribution in [0.25, 0.3) is 0 Å². The molecule has 1 aromatic rings. The lowest BCUT2D eigenvalue weighted by atomic mass is 9.79. The van der Waals surface area contributed by atoms with E-state index in [9.17, 15) is 0 Å². The molecule has 1 aliphatic rings. The molecule has 0 radical (unpaired) electrons. The Kier molecular flexibility index (Phi) is 2.83. The van der Waals surface area contributed by atoms with E-state index in [1.807, 2.05) is 0 Å². The molecule has 0 unspecified atom stereocenters. The van der Waals surface area contributed by atoms with Crippen LogP contribution in [0.4, 0.5) is 0 Å². The van der Waals surface area contributed by atoms with Gasteiger partial charge in [0.05, 0.1) is 0 Å². The molecular formula is C13H17Cl. The van der Waals surface area contributed by atoms with Gasteiger partial charge in [-0.1, -0.05) is 44.0 Å². The average molecular weight is 209 g/mol. The normalized spacial score (nSPS) is 17.1. The van der Waals surface area contributed by atoms with Crippen molar-refractivity contribution in [2.24, 2.45) is 0 Å². The number of rotatable bonds is 2. The lowest BCUT2D eigenvalue weighted by Gasteiger charge is -2.27. The molecule has 0 amide bonds. The second-order valence-corrected chi connectivity index (χ2v) is 4.97. The van der Waals surface area contributed by atoms with E-state index < -0.39 is 0 Å². The van der Waals surface area contributed by atoms with Crippen LogP contribution in [0.3, 0.4) is 0 Å². The smallest absolute Gasteiger partial charge is 0.0441 e. The molecule has 0 N–H and O–H groups in total. The van der Waals surface area contributed by atoms with Gasteiger partial charge in [-0.2, -0.15) is 0 Å². The Morgan fingerprint density at radius 2 is 2.00 bits per heavy atom. The first-order chi connectivity index (χ1) is 6.68. The summed E-state index contributed by atoms with van der Waals surface area (Å²) in [6.45, 7) is 4.46. The van der Waals surface area contributed by atoms with Crippen molar-refractivity contribution in [3.8, 4) is 0 Å². The lowest BCUT2D eigenvalue weighted by molar-refractivity contribution is 0.419. The molecule has 0 atom stereocenters. The maximum Gasteiger partial charge on any atom is 0.0441 e. The highest BCUT2D eigenvalue weighted by molar-refractivity contribution is 6.31. The summed E-state index contributed by atoms with van der Waals surface area (Å²) in [5.41, 5.74) is 2.79. The molecule has 1 saturated carbocycles. The molecule has 1 aromatic carbocycles. The van der Waals surface area contributed by atoms with Gasteiger partial charge in [-0.25, -0.2) is 0 Å². The van der Waals surface area contributed by atoms with Crippen LogP contribution >= 0.6 is 11.6 Å². The van der Waals surface area contributed by atoms with Crippen LogP contribution < -0.4 is 0 Å². The van der Waals surface area contributed by atoms with Crippen molar-refractivity contribution >= 4 is 11.6 Å². The second kappa shape index (κ2) is 3.94. The van der Waals surface area contributed by atoms with Crippen LogP contribution in [0.1, 0.15) is 56.1 Å². The molecule has 0 aromatic heterocycles. The quantitative estimate of drug-likeness (QED) is 0.659. The molecule has 0 spiro atoms. The van der Waals surface area contributed by atoms with Crippen molar-refractivity contribution in [3.05, 3.63) is 34.3 Å². The Hall–Kier alpha value is -0.490. The fourth-order valence-electron chi connectivity index (χ4n) is 1.95. The Morgan fingerprint density at radius 1 is 1.29 bits per heavy atom. The molecule has 0 saturated heterocycles. The van der Waals surface area contributed by atoms with Crippen LogP contribution in [0.2, 0.25) is 5.02 Å². The maximum absolute atomic E-state index is 6.21. The van der Waals surface area contributed by atoms with Gasteiger partial charge in [-0.05, 0) is 41.9 Å². The average Bonchev–Trinajstić information content (AvgIpc) is 2.05. The molecule has 1 aliphatic carbocycles. The van der Waals surface area contributed by atoms with Crippen molar-refractivity contribution < 1.29 is 0 Å². The summed E-state index contributed by atoms with van der Waals surface area (Å²) >= 11 is 6.21. The summed E-state index contributed by atoms with van der Waals surface area (Å²) in [5, 5.41) is 0.958. The van der Waals surface area contributed by atoms with Crippen molar-refractivity contribution in [1.29, 1.82) is 0 Å². The number of halogens is 1. The first kappa shape index (κ1) is 10.0. The molecule has 2 rings (SSSR count). The van der Waals surface area contributed by atoms with E-state index in [0.29, 0.717) is 5.92 Å². The number of benzene rings is 1. The molecule has 0 heterocycles. The van der Waals surface area contributed by atoms with Gasteiger partial charge in [0, 0.05) is 5.02 Å². The largest absolute Gasteiger partial charge is 0.0840 e. The van der Waals surface area contributed by atoms with Gasteiger partial charge in [0.1, 0.15) is 0 Å². The topological polar surface area (TPSA) is 0 Å². The summed E-state index contributed by atoms with van der Waals surface area (Å²) in [4.78, 5) is 0. The van der Waals surface area contributed by atoms with Gasteiger partial charge in [0.25, 0.3) is 0 Å². The predicted molar refractivity (Wildman–Crippen MR) is 62.1 cm³/mol. The number of hydrogen-bond donors (Lipinski definition) is 0. The third-order valence-corrected chi connectivity index (χ3v) is 3.58. The first-order valence-corrected chi connectivity index (χ1v) is 5.85. The minimum atomic E-state index is 0.603. The zero-order valence-electron chi connectivity index (χ0n) is 8.89. The highest BCUT2D eigenvalue weighted by Crippen LogP contribution is 2.40. The summed E-state index contributed by atoms with van der Waals surface area (Å²) < 4.78 is 0. The molecule has 0 bridgehead atoms. The number of hydrogen-bond acceptors (Lipinski definition) is 0. The van der Waals surface area contributed by atoms with Gasteiger partial charge >= 0.3 is 0 Å². The van der Waals surface area contributed by atoms with Gasteiger partial charge in [0.15, 0.2) is 0 Å². The summed E-state index contributed by atoms with van der Waals surface area (Å²) in [5.74, 6) is 1.34. The lowest BCUT2D eigenvalue weighted by Crippen LogP contribution is -2.09. The van der Waals surface area contributed by atoms with Gasteiger partial charge in [-0.15, -0.1) is 0 Å². The summed E-state index contributed by atoms with van der Waals surface area (Å²) in [6.07, 6.45) is 4.01. The van der Waals surface area contributed by atoms with E-state index in [1.54, 1.807) is 0 Å². The van der Waals surface area contributed by atoms with E-state index in [4.69, 9.17) is 11.6 Å². The third kappa shape index (κ3) is 1.81. The van der Waals surface area contributed by atoms with Gasteiger partial charge in [0.2, 0.25) is 0 Å². The molecule has 0 nitrogen and oxygen atoms in total. The SMILES string of the molecule is CC(C)c1ccc(Cl)c(C2CCC2)c1. The molecule has 76 valence electrons.